The van der Waals surface area contributed by atoms with E-state index in [1.54, 1.807) is 49.2 Å². The van der Waals surface area contributed by atoms with Gasteiger partial charge in [-0.1, -0.05) is 24.3 Å². The maximum Gasteiger partial charge on any atom is 0.323 e. The van der Waals surface area contributed by atoms with E-state index in [0.717, 1.165) is 33.3 Å². The number of likely N-dealkylation sites (N-methyl/N-ethyl adjacent to an activating group) is 1. The van der Waals surface area contributed by atoms with Gasteiger partial charge in [0.2, 0.25) is 5.91 Å². The fraction of sp³-hybridized carbons (Fsp3) is 0.111. The average Bonchev–Trinajstić information content (AvgIpc) is 3.55. The number of nitrogens with one attached hydrogen (secondary N) is 4. The lowest BCUT2D eigenvalue weighted by Crippen LogP contribution is -2.27. The molecule has 37 heavy (non-hydrogen) atoms. The molecule has 1 unspecified atom stereocenters. The Labute approximate surface area is 211 Å². The summed E-state index contributed by atoms with van der Waals surface area (Å²) in [6.45, 7) is 1.78. The highest BCUT2D eigenvalue weighted by atomic mass is 19.1. The summed E-state index contributed by atoms with van der Waals surface area (Å²) < 4.78 is 14.9. The summed E-state index contributed by atoms with van der Waals surface area (Å²) in [5.41, 5.74) is 5.32. The van der Waals surface area contributed by atoms with Crippen molar-refractivity contribution in [3.63, 3.8) is 0 Å². The molecular formula is C27H24FN7O2. The van der Waals surface area contributed by atoms with E-state index < -0.39 is 17.9 Å². The molecule has 5 rings (SSSR count). The molecule has 1 atom stereocenters. The largest absolute Gasteiger partial charge is 0.357 e. The van der Waals surface area contributed by atoms with Gasteiger partial charge in [0, 0.05) is 35.6 Å². The third-order valence-corrected chi connectivity index (χ3v) is 6.02. The Balaban J connectivity index is 1.30. The molecule has 2 heterocycles. The van der Waals surface area contributed by atoms with Crippen molar-refractivity contribution >= 4 is 34.2 Å². The first kappa shape index (κ1) is 23.7. The molecule has 4 N–H and O–H groups in total. The number of H-pyrrole nitrogens is 1. The van der Waals surface area contributed by atoms with Crippen LogP contribution in [-0.4, -0.2) is 39.0 Å². The highest BCUT2D eigenvalue weighted by molar-refractivity contribution is 6.00. The Bertz CT molecular complexity index is 1590. The van der Waals surface area contributed by atoms with E-state index >= 15 is 0 Å². The molecule has 0 aliphatic carbocycles. The van der Waals surface area contributed by atoms with Gasteiger partial charge < -0.3 is 16.0 Å². The van der Waals surface area contributed by atoms with Crippen LogP contribution in [0.25, 0.3) is 33.3 Å². The molecule has 0 saturated carbocycles. The summed E-state index contributed by atoms with van der Waals surface area (Å²) in [4.78, 5) is 24.1. The Kier molecular flexibility index (Phi) is 6.38. The van der Waals surface area contributed by atoms with Crippen molar-refractivity contribution in [2.75, 3.05) is 17.7 Å². The molecule has 0 fully saturated rings. The predicted octanol–water partition coefficient (Wildman–Crippen LogP) is 5.18. The predicted molar refractivity (Wildman–Crippen MR) is 141 cm³/mol. The number of rotatable bonds is 6. The standard InChI is InChI=1S/C27H24FN7O2/c1-16(26(36)29-2)35-15-19(14-30-35)25-23-11-8-18(12-24(23)33-34-25)17-6-9-21(10-7-17)31-27(37)32-22-5-3-4-20(28)13-22/h3-16H,1-2H3,(H,29,36)(H,33,34)(H2,31,32,37). The van der Waals surface area contributed by atoms with Crippen molar-refractivity contribution in [3.05, 3.63) is 84.9 Å². The van der Waals surface area contributed by atoms with Gasteiger partial charge in [-0.2, -0.15) is 10.2 Å². The van der Waals surface area contributed by atoms with Crippen LogP contribution >= 0.6 is 0 Å². The number of carbonyl (C=O) groups is 2. The van der Waals surface area contributed by atoms with Crippen LogP contribution in [0, 0.1) is 5.82 Å². The van der Waals surface area contributed by atoms with Crippen LogP contribution in [0.15, 0.2) is 79.1 Å². The van der Waals surface area contributed by atoms with Gasteiger partial charge in [-0.15, -0.1) is 0 Å². The van der Waals surface area contributed by atoms with Crippen LogP contribution in [0.5, 0.6) is 0 Å². The smallest absolute Gasteiger partial charge is 0.323 e. The normalized spacial score (nSPS) is 11.8. The van der Waals surface area contributed by atoms with Crippen LogP contribution < -0.4 is 16.0 Å². The highest BCUT2D eigenvalue weighted by Gasteiger charge is 2.17. The number of carbonyl (C=O) groups excluding carboxylic acids is 2. The first-order valence-electron chi connectivity index (χ1n) is 11.6. The number of aromatic nitrogens is 4. The lowest BCUT2D eigenvalue weighted by Gasteiger charge is -2.09. The molecule has 0 radical (unpaired) electrons. The molecule has 186 valence electrons. The van der Waals surface area contributed by atoms with Crippen LogP contribution in [-0.2, 0) is 4.79 Å². The van der Waals surface area contributed by atoms with Crippen molar-refractivity contribution in [3.8, 4) is 22.4 Å². The van der Waals surface area contributed by atoms with Crippen molar-refractivity contribution in [2.24, 2.45) is 0 Å². The molecule has 0 spiro atoms. The molecule has 0 aliphatic rings. The van der Waals surface area contributed by atoms with Crippen molar-refractivity contribution in [1.82, 2.24) is 25.3 Å². The number of amides is 3. The minimum atomic E-state index is -0.460. The summed E-state index contributed by atoms with van der Waals surface area (Å²) in [7, 11) is 1.60. The second-order valence-electron chi connectivity index (χ2n) is 8.50. The van der Waals surface area contributed by atoms with E-state index in [-0.39, 0.29) is 5.91 Å². The number of fused-ring (bicyclic) bond motifs is 1. The maximum absolute atomic E-state index is 13.3. The lowest BCUT2D eigenvalue weighted by atomic mass is 10.0. The zero-order chi connectivity index (χ0) is 25.9. The van der Waals surface area contributed by atoms with E-state index in [1.807, 2.05) is 30.3 Å². The molecule has 5 aromatic rings. The minimum Gasteiger partial charge on any atom is -0.357 e. The van der Waals surface area contributed by atoms with Crippen molar-refractivity contribution < 1.29 is 14.0 Å². The Morgan fingerprint density at radius 1 is 0.946 bits per heavy atom. The van der Waals surface area contributed by atoms with Gasteiger partial charge in [0.1, 0.15) is 17.6 Å². The maximum atomic E-state index is 13.3. The summed E-state index contributed by atoms with van der Waals surface area (Å²) in [6.07, 6.45) is 3.50. The van der Waals surface area contributed by atoms with Crippen LogP contribution in [0.1, 0.15) is 13.0 Å². The molecule has 10 heteroatoms. The Hall–Kier alpha value is -4.99. The van der Waals surface area contributed by atoms with Crippen molar-refractivity contribution in [1.29, 1.82) is 0 Å². The second kappa shape index (κ2) is 9.94. The van der Waals surface area contributed by atoms with Crippen LogP contribution in [0.2, 0.25) is 0 Å². The van der Waals surface area contributed by atoms with Gasteiger partial charge in [-0.25, -0.2) is 9.18 Å². The van der Waals surface area contributed by atoms with Gasteiger partial charge in [-0.3, -0.25) is 14.6 Å². The number of hydrogen-bond acceptors (Lipinski definition) is 4. The van der Waals surface area contributed by atoms with Crippen LogP contribution in [0.4, 0.5) is 20.6 Å². The van der Waals surface area contributed by atoms with E-state index in [9.17, 15) is 14.0 Å². The Morgan fingerprint density at radius 2 is 1.70 bits per heavy atom. The fourth-order valence-corrected chi connectivity index (χ4v) is 4.03. The summed E-state index contributed by atoms with van der Waals surface area (Å²) in [5.74, 6) is -0.547. The summed E-state index contributed by atoms with van der Waals surface area (Å²) in [6, 6.07) is 18.2. The second-order valence-corrected chi connectivity index (χ2v) is 8.50. The SMILES string of the molecule is CNC(=O)C(C)n1cc(-c2n[nH]c3cc(-c4ccc(NC(=O)Nc5cccc(F)c5)cc4)ccc23)cn1. The molecule has 3 aromatic carbocycles. The third kappa shape index (κ3) is 5.03. The number of anilines is 2. The van der Waals surface area contributed by atoms with Crippen molar-refractivity contribution in [2.45, 2.75) is 13.0 Å². The quantitative estimate of drug-likeness (QED) is 0.258. The zero-order valence-electron chi connectivity index (χ0n) is 20.1. The summed E-state index contributed by atoms with van der Waals surface area (Å²) >= 11 is 0. The molecule has 2 aromatic heterocycles. The first-order valence-corrected chi connectivity index (χ1v) is 11.6. The fourth-order valence-electron chi connectivity index (χ4n) is 4.03. The molecule has 0 bridgehead atoms. The van der Waals surface area contributed by atoms with E-state index in [4.69, 9.17) is 0 Å². The number of hydrogen-bond donors (Lipinski definition) is 4. The zero-order valence-corrected chi connectivity index (χ0v) is 20.1. The number of benzene rings is 3. The molecule has 9 nitrogen and oxygen atoms in total. The van der Waals surface area contributed by atoms with E-state index in [2.05, 4.69) is 31.2 Å². The highest BCUT2D eigenvalue weighted by Crippen LogP contribution is 2.30. The minimum absolute atomic E-state index is 0.125. The number of nitrogens with zero attached hydrogens (tertiary/aromatic N) is 3. The molecule has 0 saturated heterocycles. The van der Waals surface area contributed by atoms with Crippen LogP contribution in [0.3, 0.4) is 0 Å². The van der Waals surface area contributed by atoms with Gasteiger partial charge >= 0.3 is 6.03 Å². The van der Waals surface area contributed by atoms with Gasteiger partial charge in [0.15, 0.2) is 0 Å². The van der Waals surface area contributed by atoms with Gasteiger partial charge in [0.25, 0.3) is 0 Å². The Morgan fingerprint density at radius 3 is 2.46 bits per heavy atom. The van der Waals surface area contributed by atoms with Gasteiger partial charge in [-0.05, 0) is 60.5 Å². The van der Waals surface area contributed by atoms with Gasteiger partial charge in [0.05, 0.1) is 11.7 Å². The number of urea groups is 1. The number of aromatic amines is 1. The molecule has 3 amide bonds. The van der Waals surface area contributed by atoms with E-state index in [1.165, 1.54) is 18.2 Å². The monoisotopic (exact) mass is 497 g/mol. The number of halogens is 1. The molecular weight excluding hydrogens is 473 g/mol. The third-order valence-electron chi connectivity index (χ3n) is 6.02. The topological polar surface area (TPSA) is 117 Å². The first-order chi connectivity index (χ1) is 17.9. The lowest BCUT2D eigenvalue weighted by molar-refractivity contribution is -0.123. The van der Waals surface area contributed by atoms with E-state index in [0.29, 0.717) is 11.4 Å². The summed E-state index contributed by atoms with van der Waals surface area (Å²) in [5, 5.41) is 20.8. The molecule has 0 aliphatic heterocycles. The average molecular weight is 498 g/mol.